The minimum Gasteiger partial charge on any atom is -0.312 e. The van der Waals surface area contributed by atoms with Crippen molar-refractivity contribution < 1.29 is 13.2 Å². The summed E-state index contributed by atoms with van der Waals surface area (Å²) in [6.07, 6.45) is 1.40. The Hall–Kier alpha value is -2.18. The Balaban J connectivity index is 1.79. The molecule has 1 saturated heterocycles. The summed E-state index contributed by atoms with van der Waals surface area (Å²) in [5.74, 6) is 0.0900. The van der Waals surface area contributed by atoms with Gasteiger partial charge in [-0.25, -0.2) is 13.1 Å². The molecule has 24 heavy (non-hydrogen) atoms. The molecule has 0 saturated carbocycles. The average molecular weight is 344 g/mol. The molecule has 2 aromatic rings. The first-order valence-electron chi connectivity index (χ1n) is 7.92. The topological polar surface area (TPSA) is 66.5 Å². The highest BCUT2D eigenvalue weighted by atomic mass is 32.2. The van der Waals surface area contributed by atoms with E-state index in [0.29, 0.717) is 18.5 Å². The molecule has 3 rings (SSSR count). The van der Waals surface area contributed by atoms with Gasteiger partial charge in [0, 0.05) is 25.2 Å². The highest BCUT2D eigenvalue weighted by molar-refractivity contribution is 7.89. The van der Waals surface area contributed by atoms with Gasteiger partial charge in [-0.3, -0.25) is 4.79 Å². The molecule has 6 heteroatoms. The number of nitrogens with zero attached hydrogens (tertiary/aromatic N) is 1. The Morgan fingerprint density at radius 3 is 2.50 bits per heavy atom. The van der Waals surface area contributed by atoms with Gasteiger partial charge >= 0.3 is 0 Å². The number of anilines is 1. The van der Waals surface area contributed by atoms with Crippen LogP contribution in [-0.2, 0) is 21.4 Å². The Bertz CT molecular complexity index is 848. The number of carbonyl (C=O) groups excluding carboxylic acids is 1. The fraction of sp³-hybridized carbons (Fsp3) is 0.278. The number of rotatable bonds is 5. The first-order chi connectivity index (χ1) is 11.5. The quantitative estimate of drug-likeness (QED) is 0.907. The maximum atomic E-state index is 12.5. The van der Waals surface area contributed by atoms with Gasteiger partial charge in [-0.2, -0.15) is 0 Å². The van der Waals surface area contributed by atoms with Crippen LogP contribution in [-0.4, -0.2) is 20.9 Å². The van der Waals surface area contributed by atoms with Gasteiger partial charge in [-0.1, -0.05) is 30.3 Å². The van der Waals surface area contributed by atoms with Gasteiger partial charge in [0.1, 0.15) is 0 Å². The standard InChI is InChI=1S/C18H20N2O3S/c1-14-12-16(20-11-5-8-18(20)21)9-10-17(14)24(22,23)19-13-15-6-3-2-4-7-15/h2-4,6-7,9-10,12,19H,5,8,11,13H2,1H3. The molecule has 0 aromatic heterocycles. The molecule has 5 nitrogen and oxygen atoms in total. The number of nitrogens with one attached hydrogen (secondary N) is 1. The molecule has 0 spiro atoms. The summed E-state index contributed by atoms with van der Waals surface area (Å²) in [5, 5.41) is 0. The molecule has 0 bridgehead atoms. The van der Waals surface area contributed by atoms with Crippen LogP contribution in [0, 0.1) is 6.92 Å². The molecule has 2 aromatic carbocycles. The monoisotopic (exact) mass is 344 g/mol. The number of hydrogen-bond donors (Lipinski definition) is 1. The van der Waals surface area contributed by atoms with Crippen LogP contribution in [0.15, 0.2) is 53.4 Å². The molecule has 1 amide bonds. The SMILES string of the molecule is Cc1cc(N2CCCC2=O)ccc1S(=O)(=O)NCc1ccccc1. The lowest BCUT2D eigenvalue weighted by Gasteiger charge is -2.17. The fourth-order valence-electron chi connectivity index (χ4n) is 2.88. The maximum absolute atomic E-state index is 12.5. The van der Waals surface area contributed by atoms with Gasteiger partial charge in [-0.05, 0) is 42.7 Å². The molecular formula is C18H20N2O3S. The fourth-order valence-corrected chi connectivity index (χ4v) is 4.12. The van der Waals surface area contributed by atoms with Crippen LogP contribution < -0.4 is 9.62 Å². The molecule has 1 N–H and O–H groups in total. The molecule has 0 unspecified atom stereocenters. The zero-order valence-corrected chi connectivity index (χ0v) is 14.3. The summed E-state index contributed by atoms with van der Waals surface area (Å²) in [6, 6.07) is 14.4. The minimum atomic E-state index is -3.60. The van der Waals surface area contributed by atoms with Gasteiger partial charge in [0.25, 0.3) is 0 Å². The third kappa shape index (κ3) is 3.49. The summed E-state index contributed by atoms with van der Waals surface area (Å²) in [5.41, 5.74) is 2.29. The van der Waals surface area contributed by atoms with Gasteiger partial charge in [0.05, 0.1) is 4.90 Å². The first kappa shape index (κ1) is 16.7. The van der Waals surface area contributed by atoms with E-state index in [1.807, 2.05) is 30.3 Å². The molecular weight excluding hydrogens is 324 g/mol. The summed E-state index contributed by atoms with van der Waals surface area (Å²) in [7, 11) is -3.60. The Labute approximate surface area is 142 Å². The normalized spacial score (nSPS) is 15.0. The molecule has 1 aliphatic heterocycles. The second kappa shape index (κ2) is 6.75. The Kier molecular flexibility index (Phi) is 4.69. The zero-order chi connectivity index (χ0) is 17.2. The summed E-state index contributed by atoms with van der Waals surface area (Å²) in [4.78, 5) is 13.8. The van der Waals surface area contributed by atoms with Crippen molar-refractivity contribution >= 4 is 21.6 Å². The molecule has 0 aliphatic carbocycles. The largest absolute Gasteiger partial charge is 0.312 e. The van der Waals surface area contributed by atoms with E-state index < -0.39 is 10.0 Å². The van der Waals surface area contributed by atoms with E-state index in [9.17, 15) is 13.2 Å². The number of benzene rings is 2. The number of aryl methyl sites for hydroxylation is 1. The van der Waals surface area contributed by atoms with Crippen molar-refractivity contribution in [3.8, 4) is 0 Å². The molecule has 126 valence electrons. The van der Waals surface area contributed by atoms with Crippen molar-refractivity contribution in [1.82, 2.24) is 4.72 Å². The molecule has 0 radical (unpaired) electrons. The van der Waals surface area contributed by atoms with Crippen LogP contribution in [0.2, 0.25) is 0 Å². The van der Waals surface area contributed by atoms with E-state index in [2.05, 4.69) is 4.72 Å². The van der Waals surface area contributed by atoms with Gasteiger partial charge < -0.3 is 4.90 Å². The highest BCUT2D eigenvalue weighted by Crippen LogP contribution is 2.26. The van der Waals surface area contributed by atoms with Crippen LogP contribution in [0.25, 0.3) is 0 Å². The van der Waals surface area contributed by atoms with Gasteiger partial charge in [0.2, 0.25) is 15.9 Å². The van der Waals surface area contributed by atoms with Crippen LogP contribution in [0.5, 0.6) is 0 Å². The summed E-state index contributed by atoms with van der Waals surface area (Å²) >= 11 is 0. The van der Waals surface area contributed by atoms with E-state index in [1.54, 1.807) is 30.0 Å². The second-order valence-corrected chi connectivity index (χ2v) is 7.64. The lowest BCUT2D eigenvalue weighted by molar-refractivity contribution is -0.117. The van der Waals surface area contributed by atoms with E-state index in [4.69, 9.17) is 0 Å². The van der Waals surface area contributed by atoms with Gasteiger partial charge in [0.15, 0.2) is 0 Å². The van der Waals surface area contributed by atoms with Crippen LogP contribution >= 0.6 is 0 Å². The maximum Gasteiger partial charge on any atom is 0.241 e. The van der Waals surface area contributed by atoms with Crippen molar-refractivity contribution in [1.29, 1.82) is 0 Å². The van der Waals surface area contributed by atoms with E-state index in [-0.39, 0.29) is 17.3 Å². The third-order valence-electron chi connectivity index (χ3n) is 4.14. The number of sulfonamides is 1. The zero-order valence-electron chi connectivity index (χ0n) is 13.5. The number of hydrogen-bond acceptors (Lipinski definition) is 3. The minimum absolute atomic E-state index is 0.0900. The third-order valence-corrected chi connectivity index (χ3v) is 5.70. The number of carbonyl (C=O) groups is 1. The van der Waals surface area contributed by atoms with E-state index in [0.717, 1.165) is 17.7 Å². The first-order valence-corrected chi connectivity index (χ1v) is 9.40. The van der Waals surface area contributed by atoms with Crippen molar-refractivity contribution in [2.24, 2.45) is 0 Å². The van der Waals surface area contributed by atoms with Crippen molar-refractivity contribution in [3.05, 3.63) is 59.7 Å². The molecule has 1 heterocycles. The van der Waals surface area contributed by atoms with Crippen molar-refractivity contribution in [2.75, 3.05) is 11.4 Å². The summed E-state index contributed by atoms with van der Waals surface area (Å²) < 4.78 is 27.7. The average Bonchev–Trinajstić information content (AvgIpc) is 3.00. The smallest absolute Gasteiger partial charge is 0.241 e. The molecule has 0 atom stereocenters. The van der Waals surface area contributed by atoms with Crippen LogP contribution in [0.1, 0.15) is 24.0 Å². The lowest BCUT2D eigenvalue weighted by atomic mass is 10.2. The molecule has 1 aliphatic rings. The van der Waals surface area contributed by atoms with E-state index >= 15 is 0 Å². The molecule has 1 fully saturated rings. The van der Waals surface area contributed by atoms with Crippen molar-refractivity contribution in [3.63, 3.8) is 0 Å². The Morgan fingerprint density at radius 2 is 1.88 bits per heavy atom. The van der Waals surface area contributed by atoms with Crippen LogP contribution in [0.3, 0.4) is 0 Å². The second-order valence-electron chi connectivity index (χ2n) is 5.91. The predicted molar refractivity (Wildman–Crippen MR) is 93.2 cm³/mol. The van der Waals surface area contributed by atoms with Gasteiger partial charge in [-0.15, -0.1) is 0 Å². The van der Waals surface area contributed by atoms with Crippen molar-refractivity contribution in [2.45, 2.75) is 31.2 Å². The van der Waals surface area contributed by atoms with E-state index in [1.165, 1.54) is 0 Å². The summed E-state index contributed by atoms with van der Waals surface area (Å²) in [6.45, 7) is 2.69. The number of amides is 1. The Morgan fingerprint density at radius 1 is 1.12 bits per heavy atom. The lowest BCUT2D eigenvalue weighted by Crippen LogP contribution is -2.25. The van der Waals surface area contributed by atoms with Crippen LogP contribution in [0.4, 0.5) is 5.69 Å². The highest BCUT2D eigenvalue weighted by Gasteiger charge is 2.23. The predicted octanol–water partition coefficient (Wildman–Crippen LogP) is 2.60.